The molecule has 2 aromatic rings. The van der Waals surface area contributed by atoms with Gasteiger partial charge in [0.05, 0.1) is 10.0 Å². The van der Waals surface area contributed by atoms with Gasteiger partial charge in [0, 0.05) is 22.6 Å². The maximum Gasteiger partial charge on any atom is 0.147 e. The van der Waals surface area contributed by atoms with Crippen molar-refractivity contribution in [2.24, 2.45) is 0 Å². The van der Waals surface area contributed by atoms with Crippen molar-refractivity contribution in [1.29, 1.82) is 0 Å². The molecule has 0 bridgehead atoms. The van der Waals surface area contributed by atoms with Crippen LogP contribution < -0.4 is 10.1 Å². The lowest BCUT2D eigenvalue weighted by molar-refractivity contribution is 0.470. The molecule has 2 rings (SSSR count). The van der Waals surface area contributed by atoms with Crippen molar-refractivity contribution in [2.75, 3.05) is 6.54 Å². The summed E-state index contributed by atoms with van der Waals surface area (Å²) in [6.07, 6.45) is 0. The van der Waals surface area contributed by atoms with Crippen molar-refractivity contribution in [2.45, 2.75) is 13.5 Å². The molecule has 2 nitrogen and oxygen atoms in total. The Kier molecular flexibility index (Phi) is 5.88. The maximum absolute atomic E-state index is 13.4. The van der Waals surface area contributed by atoms with E-state index in [1.807, 2.05) is 6.92 Å². The van der Waals surface area contributed by atoms with Crippen LogP contribution in [0.25, 0.3) is 0 Å². The molecular formula is C15H13BrCl2FNO. The molecule has 2 aromatic carbocycles. The number of halogens is 4. The monoisotopic (exact) mass is 391 g/mol. The molecule has 0 unspecified atom stereocenters. The third kappa shape index (κ3) is 4.33. The minimum atomic E-state index is -0.310. The predicted octanol–water partition coefficient (Wildman–Crippen LogP) is 5.80. The summed E-state index contributed by atoms with van der Waals surface area (Å²) in [5.41, 5.74) is 0.715. The van der Waals surface area contributed by atoms with Crippen LogP contribution in [-0.2, 0) is 6.54 Å². The summed E-state index contributed by atoms with van der Waals surface area (Å²) in [6, 6.07) is 7.64. The zero-order chi connectivity index (χ0) is 15.4. The molecular weight excluding hydrogens is 380 g/mol. The average molecular weight is 393 g/mol. The number of hydrogen-bond donors (Lipinski definition) is 1. The van der Waals surface area contributed by atoms with Crippen LogP contribution in [0, 0.1) is 5.82 Å². The first-order valence-corrected chi connectivity index (χ1v) is 7.87. The second kappa shape index (κ2) is 7.45. The molecule has 0 aliphatic carbocycles. The fourth-order valence-electron chi connectivity index (χ4n) is 1.75. The van der Waals surface area contributed by atoms with Crippen LogP contribution in [0.5, 0.6) is 11.5 Å². The van der Waals surface area contributed by atoms with Gasteiger partial charge in [0.2, 0.25) is 0 Å². The Morgan fingerprint density at radius 1 is 1.14 bits per heavy atom. The first kappa shape index (κ1) is 16.6. The lowest BCUT2D eigenvalue weighted by Gasteiger charge is -2.13. The van der Waals surface area contributed by atoms with E-state index >= 15 is 0 Å². The van der Waals surface area contributed by atoms with Crippen molar-refractivity contribution in [3.8, 4) is 11.5 Å². The molecule has 0 atom stereocenters. The molecule has 112 valence electrons. The summed E-state index contributed by atoms with van der Waals surface area (Å²) in [5, 5.41) is 4.05. The quantitative estimate of drug-likeness (QED) is 0.649. The molecule has 0 radical (unpaired) electrons. The van der Waals surface area contributed by atoms with Crippen molar-refractivity contribution in [3.63, 3.8) is 0 Å². The van der Waals surface area contributed by atoms with E-state index in [1.165, 1.54) is 12.1 Å². The van der Waals surface area contributed by atoms with E-state index in [1.54, 1.807) is 18.2 Å². The topological polar surface area (TPSA) is 21.3 Å². The highest BCUT2D eigenvalue weighted by atomic mass is 79.9. The summed E-state index contributed by atoms with van der Waals surface area (Å²) in [5.74, 6) is 0.655. The third-order valence-corrected chi connectivity index (χ3v) is 4.28. The number of ether oxygens (including phenoxy) is 1. The Balaban J connectivity index is 2.32. The van der Waals surface area contributed by atoms with E-state index in [2.05, 4.69) is 21.2 Å². The largest absolute Gasteiger partial charge is 0.455 e. The van der Waals surface area contributed by atoms with Gasteiger partial charge in [-0.1, -0.05) is 30.1 Å². The standard InChI is InChI=1S/C15H13BrCl2FNO/c1-2-20-8-9-5-10(19)3-4-14(9)21-15-7-12(17)11(16)6-13(15)18/h3-7,20H,2,8H2,1H3. The lowest BCUT2D eigenvalue weighted by Crippen LogP contribution is -2.12. The zero-order valence-electron chi connectivity index (χ0n) is 11.2. The van der Waals surface area contributed by atoms with Gasteiger partial charge in [-0.25, -0.2) is 4.39 Å². The van der Waals surface area contributed by atoms with Crippen LogP contribution in [0.15, 0.2) is 34.8 Å². The van der Waals surface area contributed by atoms with Crippen LogP contribution in [-0.4, -0.2) is 6.54 Å². The second-order valence-corrected chi connectivity index (χ2v) is 6.00. The van der Waals surface area contributed by atoms with Gasteiger partial charge in [0.25, 0.3) is 0 Å². The van der Waals surface area contributed by atoms with Gasteiger partial charge < -0.3 is 10.1 Å². The van der Waals surface area contributed by atoms with Gasteiger partial charge in [-0.2, -0.15) is 0 Å². The van der Waals surface area contributed by atoms with Crippen LogP contribution >= 0.6 is 39.1 Å². The smallest absolute Gasteiger partial charge is 0.147 e. The number of benzene rings is 2. The Labute approximate surface area is 141 Å². The van der Waals surface area contributed by atoms with E-state index in [0.717, 1.165) is 6.54 Å². The van der Waals surface area contributed by atoms with Gasteiger partial charge >= 0.3 is 0 Å². The summed E-state index contributed by atoms with van der Waals surface area (Å²) >= 11 is 15.5. The molecule has 0 saturated carbocycles. The SMILES string of the molecule is CCNCc1cc(F)ccc1Oc1cc(Cl)c(Br)cc1Cl. The van der Waals surface area contributed by atoms with Gasteiger partial charge in [0.1, 0.15) is 17.3 Å². The highest BCUT2D eigenvalue weighted by Crippen LogP contribution is 2.37. The molecule has 1 N–H and O–H groups in total. The Hall–Kier alpha value is -0.810. The molecule has 6 heteroatoms. The fraction of sp³-hybridized carbons (Fsp3) is 0.200. The van der Waals surface area contributed by atoms with Crippen LogP contribution in [0.4, 0.5) is 4.39 Å². The second-order valence-electron chi connectivity index (χ2n) is 4.33. The van der Waals surface area contributed by atoms with E-state index < -0.39 is 0 Å². The molecule has 0 saturated heterocycles. The Morgan fingerprint density at radius 2 is 1.90 bits per heavy atom. The zero-order valence-corrected chi connectivity index (χ0v) is 14.3. The molecule has 0 fully saturated rings. The van der Waals surface area contributed by atoms with Crippen LogP contribution in [0.3, 0.4) is 0 Å². The first-order valence-electron chi connectivity index (χ1n) is 6.32. The van der Waals surface area contributed by atoms with Crippen molar-refractivity contribution >= 4 is 39.1 Å². The fourth-order valence-corrected chi connectivity index (χ4v) is 2.58. The highest BCUT2D eigenvalue weighted by molar-refractivity contribution is 9.10. The van der Waals surface area contributed by atoms with Crippen molar-refractivity contribution in [1.82, 2.24) is 5.32 Å². The summed E-state index contributed by atoms with van der Waals surface area (Å²) in [4.78, 5) is 0. The van der Waals surface area contributed by atoms with Crippen LogP contribution in [0.2, 0.25) is 10.0 Å². The van der Waals surface area contributed by atoms with E-state index in [9.17, 15) is 4.39 Å². The number of nitrogens with one attached hydrogen (secondary N) is 1. The number of rotatable bonds is 5. The van der Waals surface area contributed by atoms with E-state index in [-0.39, 0.29) is 5.82 Å². The molecule has 0 aromatic heterocycles. The molecule has 0 aliphatic rings. The lowest BCUT2D eigenvalue weighted by atomic mass is 10.2. The maximum atomic E-state index is 13.4. The molecule has 0 spiro atoms. The van der Waals surface area contributed by atoms with Gasteiger partial charge in [-0.05, 0) is 46.7 Å². The van der Waals surface area contributed by atoms with Crippen molar-refractivity contribution < 1.29 is 9.13 Å². The minimum absolute atomic E-state index is 0.310. The molecule has 0 amide bonds. The molecule has 0 aliphatic heterocycles. The summed E-state index contributed by atoms with van der Waals surface area (Å²) in [6.45, 7) is 3.26. The Morgan fingerprint density at radius 3 is 2.62 bits per heavy atom. The van der Waals surface area contributed by atoms with Gasteiger partial charge in [0.15, 0.2) is 0 Å². The Bertz CT molecular complexity index is 652. The molecule has 21 heavy (non-hydrogen) atoms. The third-order valence-electron chi connectivity index (χ3n) is 2.78. The average Bonchev–Trinajstić information content (AvgIpc) is 2.44. The van der Waals surface area contributed by atoms with E-state index in [0.29, 0.717) is 38.1 Å². The summed E-state index contributed by atoms with van der Waals surface area (Å²) < 4.78 is 19.8. The van der Waals surface area contributed by atoms with Gasteiger partial charge in [-0.3, -0.25) is 0 Å². The molecule has 0 heterocycles. The first-order chi connectivity index (χ1) is 10.0. The number of hydrogen-bond acceptors (Lipinski definition) is 2. The predicted molar refractivity (Wildman–Crippen MR) is 88.0 cm³/mol. The van der Waals surface area contributed by atoms with Crippen molar-refractivity contribution in [3.05, 3.63) is 56.2 Å². The van der Waals surface area contributed by atoms with Crippen LogP contribution in [0.1, 0.15) is 12.5 Å². The highest BCUT2D eigenvalue weighted by Gasteiger charge is 2.11. The normalized spacial score (nSPS) is 10.7. The minimum Gasteiger partial charge on any atom is -0.455 e. The van der Waals surface area contributed by atoms with Gasteiger partial charge in [-0.15, -0.1) is 0 Å². The van der Waals surface area contributed by atoms with E-state index in [4.69, 9.17) is 27.9 Å². The summed E-state index contributed by atoms with van der Waals surface area (Å²) in [7, 11) is 0.